The number of ketones is 1. The molecule has 3 aromatic carbocycles. The molecule has 11 atom stereocenters. The van der Waals surface area contributed by atoms with E-state index in [9.17, 15) is 39.6 Å². The van der Waals surface area contributed by atoms with Crippen LogP contribution in [0.5, 0.6) is 0 Å². The number of esters is 2. The maximum absolute atomic E-state index is 16.6. The molecule has 3 fully saturated rings. The summed E-state index contributed by atoms with van der Waals surface area (Å²) in [4.78, 5) is 55.9. The summed E-state index contributed by atoms with van der Waals surface area (Å²) >= 11 is 0. The molecule has 3 aliphatic carbocycles. The van der Waals surface area contributed by atoms with Crippen LogP contribution in [0.2, 0.25) is 0 Å². The predicted molar refractivity (Wildman–Crippen MR) is 197 cm³/mol. The SMILES string of the molecule is CC1=C2C(O)C(=O)[C@]3(C)C(F)CC4OCC4(O)C3C(OC(=O)c3ccccc3)C(O)(CC1OC(=O)C(O)C(NC(=O)c1ccccc1)c1ccccc1)C2(C)C.[Ac]. The Morgan fingerprint density at radius 3 is 2.02 bits per heavy atom. The molecule has 7 rings (SSSR count). The molecule has 0 aromatic heterocycles. The number of hydrogen-bond acceptors (Lipinski definition) is 11. The van der Waals surface area contributed by atoms with Crippen molar-refractivity contribution >= 4 is 23.6 Å². The molecule has 1 aliphatic heterocycles. The first-order chi connectivity index (χ1) is 26.5. The summed E-state index contributed by atoms with van der Waals surface area (Å²) < 4.78 is 34.3. The molecular formula is C43H46AcFNO11. The summed E-state index contributed by atoms with van der Waals surface area (Å²) in [5.41, 5.74) is -7.38. The molecule has 14 heteroatoms. The van der Waals surface area contributed by atoms with Crippen molar-refractivity contribution < 1.29 is 102 Å². The van der Waals surface area contributed by atoms with Gasteiger partial charge in [-0.05, 0) is 54.8 Å². The Morgan fingerprint density at radius 2 is 1.46 bits per heavy atom. The monoisotopic (exact) mass is 998 g/mol. The Bertz CT molecular complexity index is 2050. The number of halogens is 1. The second kappa shape index (κ2) is 16.0. The summed E-state index contributed by atoms with van der Waals surface area (Å²) in [6.07, 6.45) is -11.4. The molecule has 12 nitrogen and oxygen atoms in total. The van der Waals surface area contributed by atoms with E-state index in [2.05, 4.69) is 5.32 Å². The van der Waals surface area contributed by atoms with Gasteiger partial charge in [0.2, 0.25) is 0 Å². The molecule has 1 radical (unpaired) electrons. The number of aliphatic hydroxyl groups is 4. The number of carbonyl (C=O) groups is 4. The van der Waals surface area contributed by atoms with Crippen LogP contribution in [0.25, 0.3) is 0 Å². The number of amides is 1. The molecule has 1 saturated heterocycles. The van der Waals surface area contributed by atoms with Crippen molar-refractivity contribution in [2.45, 2.75) is 94.5 Å². The van der Waals surface area contributed by atoms with E-state index < -0.39 is 101 Å². The number of alkyl halides is 1. The van der Waals surface area contributed by atoms with Gasteiger partial charge in [-0.3, -0.25) is 9.59 Å². The van der Waals surface area contributed by atoms with Crippen LogP contribution in [0.15, 0.2) is 102 Å². The van der Waals surface area contributed by atoms with E-state index in [4.69, 9.17) is 14.2 Å². The number of rotatable bonds is 8. The van der Waals surface area contributed by atoms with Crippen molar-refractivity contribution in [2.24, 2.45) is 16.7 Å². The van der Waals surface area contributed by atoms with E-state index in [0.717, 1.165) is 0 Å². The van der Waals surface area contributed by atoms with E-state index in [0.29, 0.717) is 5.56 Å². The topological polar surface area (TPSA) is 189 Å². The normalized spacial score (nSPS) is 33.7. The molecule has 3 aromatic rings. The van der Waals surface area contributed by atoms with Gasteiger partial charge in [0.05, 0.1) is 29.7 Å². The minimum Gasteiger partial charge on any atom is -0.456 e. The van der Waals surface area contributed by atoms with Crippen molar-refractivity contribution in [3.05, 3.63) is 119 Å². The Hall–Kier alpha value is -3.35. The first-order valence-corrected chi connectivity index (χ1v) is 18.7. The molecule has 2 saturated carbocycles. The van der Waals surface area contributed by atoms with E-state index in [1.54, 1.807) is 78.9 Å². The Kier molecular flexibility index (Phi) is 12.1. The summed E-state index contributed by atoms with van der Waals surface area (Å²) in [6.45, 7) is 5.44. The largest absolute Gasteiger partial charge is 0.456 e. The fourth-order valence-electron chi connectivity index (χ4n) is 9.50. The maximum Gasteiger partial charge on any atom is 0.338 e. The van der Waals surface area contributed by atoms with Gasteiger partial charge in [-0.25, -0.2) is 14.0 Å². The van der Waals surface area contributed by atoms with Gasteiger partial charge < -0.3 is 40.0 Å². The number of nitrogens with one attached hydrogen (secondary N) is 1. The Labute approximate surface area is 365 Å². The van der Waals surface area contributed by atoms with E-state index in [1.807, 2.05) is 0 Å². The van der Waals surface area contributed by atoms with Crippen molar-refractivity contribution in [1.29, 1.82) is 0 Å². The molecule has 1 heterocycles. The number of ether oxygens (including phenoxy) is 3. The third-order valence-corrected chi connectivity index (χ3v) is 12.9. The molecule has 2 bridgehead atoms. The first kappa shape index (κ1) is 43.2. The average Bonchev–Trinajstić information content (AvgIpc) is 3.19. The third kappa shape index (κ3) is 7.03. The third-order valence-electron chi connectivity index (χ3n) is 12.9. The summed E-state index contributed by atoms with van der Waals surface area (Å²) in [5.74, 6) is -5.39. The van der Waals surface area contributed by atoms with Crippen LogP contribution in [0.4, 0.5) is 4.39 Å². The van der Waals surface area contributed by atoms with Crippen molar-refractivity contribution in [2.75, 3.05) is 6.61 Å². The quantitative estimate of drug-likeness (QED) is 0.164. The van der Waals surface area contributed by atoms with Crippen LogP contribution in [-0.4, -0.2) is 98.6 Å². The number of hydrogen-bond donors (Lipinski definition) is 5. The standard InChI is InChI=1S/C43H46FNO11.Ac/c1-23-27(55-39(51)33(47)31(24-14-8-5-9-15-24)45-37(49)25-16-10-6-11-17-25)21-43(53)36(56-38(50)26-18-12-7-13-19-26)34-41(4,28(44)20-29-42(34,52)22-54-29)35(48)32(46)30(23)40(43,2)3;/h5-19,27-29,31-34,36,46-47,52-53H,20-22H2,1-4H3,(H,45,49);/t27?,28?,29?,31?,32?,33?,34?,36?,41-,42?,43?;/m1./s1. The second-order valence-electron chi connectivity index (χ2n) is 16.2. The van der Waals surface area contributed by atoms with Crippen LogP contribution in [0.1, 0.15) is 72.9 Å². The van der Waals surface area contributed by atoms with Gasteiger partial charge in [-0.15, -0.1) is 0 Å². The first-order valence-electron chi connectivity index (χ1n) is 18.7. The molecule has 57 heavy (non-hydrogen) atoms. The molecule has 10 unspecified atom stereocenters. The zero-order valence-electron chi connectivity index (χ0n) is 32.0. The Morgan fingerprint density at radius 1 is 0.895 bits per heavy atom. The molecule has 0 spiro atoms. The summed E-state index contributed by atoms with van der Waals surface area (Å²) in [6, 6.07) is 23.0. The molecular weight excluding hydrogens is 952 g/mol. The minimum atomic E-state index is -2.36. The van der Waals surface area contributed by atoms with E-state index in [1.165, 1.54) is 39.8 Å². The van der Waals surface area contributed by atoms with Crippen LogP contribution in [0, 0.1) is 60.8 Å². The Balaban J connectivity index is 0.00000549. The average molecular weight is 999 g/mol. The number of Topliss-reactive ketones (excluding diaryl/α,β-unsaturated/α-hetero) is 1. The fourth-order valence-corrected chi connectivity index (χ4v) is 9.50. The van der Waals surface area contributed by atoms with Gasteiger partial charge >= 0.3 is 11.9 Å². The van der Waals surface area contributed by atoms with Gasteiger partial charge in [-0.1, -0.05) is 80.6 Å². The number of carbonyl (C=O) groups excluding carboxylic acids is 4. The minimum absolute atomic E-state index is 0. The van der Waals surface area contributed by atoms with Crippen LogP contribution in [0.3, 0.4) is 0 Å². The van der Waals surface area contributed by atoms with Crippen LogP contribution < -0.4 is 5.32 Å². The fraction of sp³-hybridized carbons (Fsp3) is 0.442. The van der Waals surface area contributed by atoms with Crippen LogP contribution in [-0.2, 0) is 23.8 Å². The van der Waals surface area contributed by atoms with Gasteiger partial charge in [0.1, 0.15) is 35.7 Å². The van der Waals surface area contributed by atoms with Crippen molar-refractivity contribution in [1.82, 2.24) is 5.32 Å². The number of fused-ring (bicyclic) bond motifs is 5. The predicted octanol–water partition coefficient (Wildman–Crippen LogP) is 3.57. The van der Waals surface area contributed by atoms with Crippen LogP contribution >= 0.6 is 0 Å². The van der Waals surface area contributed by atoms with Gasteiger partial charge in [-0.2, -0.15) is 0 Å². The number of benzene rings is 3. The van der Waals surface area contributed by atoms with Gasteiger partial charge in [0.15, 0.2) is 11.9 Å². The van der Waals surface area contributed by atoms with E-state index in [-0.39, 0.29) is 79.4 Å². The second-order valence-corrected chi connectivity index (χ2v) is 16.2. The van der Waals surface area contributed by atoms with E-state index >= 15 is 4.39 Å². The van der Waals surface area contributed by atoms with Gasteiger partial charge in [0, 0.05) is 73.8 Å². The zero-order chi connectivity index (χ0) is 40.4. The summed E-state index contributed by atoms with van der Waals surface area (Å²) in [7, 11) is 0. The van der Waals surface area contributed by atoms with Crippen molar-refractivity contribution in [3.63, 3.8) is 0 Å². The molecule has 5 N–H and O–H groups in total. The summed E-state index contributed by atoms with van der Waals surface area (Å²) in [5, 5.41) is 51.8. The zero-order valence-corrected chi connectivity index (χ0v) is 36.7. The maximum atomic E-state index is 16.6. The van der Waals surface area contributed by atoms with Crippen molar-refractivity contribution in [3.8, 4) is 0 Å². The number of aliphatic hydroxyl groups excluding tert-OH is 2. The molecule has 4 aliphatic rings. The molecule has 1 amide bonds. The smallest absolute Gasteiger partial charge is 0.338 e. The van der Waals surface area contributed by atoms with Gasteiger partial charge in [0.25, 0.3) is 5.91 Å². The molecule has 299 valence electrons.